The second-order valence-corrected chi connectivity index (χ2v) is 5.21. The predicted molar refractivity (Wildman–Crippen MR) is 79.0 cm³/mol. The minimum Gasteiger partial charge on any atom is -0.507 e. The fraction of sp³-hybridized carbons (Fsp3) is 0.188. The van der Waals surface area contributed by atoms with Crippen molar-refractivity contribution in [1.82, 2.24) is 0 Å². The average molecular weight is 286 g/mol. The number of benzene rings is 2. The van der Waals surface area contributed by atoms with Gasteiger partial charge in [-0.1, -0.05) is 6.07 Å². The van der Waals surface area contributed by atoms with Gasteiger partial charge in [0.1, 0.15) is 11.6 Å². The van der Waals surface area contributed by atoms with E-state index in [1.165, 1.54) is 11.0 Å². The fourth-order valence-corrected chi connectivity index (χ4v) is 2.61. The van der Waals surface area contributed by atoms with Crippen molar-refractivity contribution in [2.24, 2.45) is 0 Å². The standard InChI is InChI=1S/C16H15FN2O2/c1-9-6-10-4-5-19(14(10)8-13(9)18)16(21)12-7-11(17)2-3-15(12)20/h2-3,6-8,20H,4-5,18H2,1H3. The van der Waals surface area contributed by atoms with E-state index in [-0.39, 0.29) is 11.3 Å². The molecule has 2 aromatic rings. The number of amides is 1. The summed E-state index contributed by atoms with van der Waals surface area (Å²) in [6.45, 7) is 2.41. The lowest BCUT2D eigenvalue weighted by Gasteiger charge is -2.19. The van der Waals surface area contributed by atoms with Gasteiger partial charge in [0, 0.05) is 17.9 Å². The summed E-state index contributed by atoms with van der Waals surface area (Å²) in [7, 11) is 0. The largest absolute Gasteiger partial charge is 0.507 e. The lowest BCUT2D eigenvalue weighted by atomic mass is 10.1. The first kappa shape index (κ1) is 13.4. The molecule has 0 atom stereocenters. The molecular formula is C16H15FN2O2. The van der Waals surface area contributed by atoms with Gasteiger partial charge in [-0.05, 0) is 48.7 Å². The molecule has 21 heavy (non-hydrogen) atoms. The highest BCUT2D eigenvalue weighted by atomic mass is 19.1. The highest BCUT2D eigenvalue weighted by molar-refractivity contribution is 6.09. The van der Waals surface area contributed by atoms with E-state index in [1.54, 1.807) is 6.07 Å². The van der Waals surface area contributed by atoms with Crippen LogP contribution in [-0.4, -0.2) is 17.6 Å². The monoisotopic (exact) mass is 286 g/mol. The Hall–Kier alpha value is -2.56. The predicted octanol–water partition coefficient (Wildman–Crippen LogP) is 2.62. The number of anilines is 2. The van der Waals surface area contributed by atoms with Crippen LogP contribution in [0, 0.1) is 12.7 Å². The van der Waals surface area contributed by atoms with Crippen LogP contribution in [0.15, 0.2) is 30.3 Å². The highest BCUT2D eigenvalue weighted by Crippen LogP contribution is 2.34. The summed E-state index contributed by atoms with van der Waals surface area (Å²) >= 11 is 0. The van der Waals surface area contributed by atoms with E-state index in [9.17, 15) is 14.3 Å². The minimum absolute atomic E-state index is 0.0398. The Kier molecular flexibility index (Phi) is 3.05. The molecule has 3 N–H and O–H groups in total. The number of fused-ring (bicyclic) bond motifs is 1. The first-order chi connectivity index (χ1) is 9.97. The zero-order valence-electron chi connectivity index (χ0n) is 11.6. The van der Waals surface area contributed by atoms with Crippen molar-refractivity contribution in [3.05, 3.63) is 52.8 Å². The number of carbonyl (C=O) groups is 1. The summed E-state index contributed by atoms with van der Waals surface area (Å²) < 4.78 is 13.3. The smallest absolute Gasteiger partial charge is 0.262 e. The normalized spacial score (nSPS) is 13.3. The molecule has 1 heterocycles. The van der Waals surface area contributed by atoms with Gasteiger partial charge in [0.2, 0.25) is 0 Å². The Balaban J connectivity index is 2.02. The number of phenolic OH excluding ortho intramolecular Hbond substituents is 1. The van der Waals surface area contributed by atoms with Gasteiger partial charge in [-0.3, -0.25) is 4.79 Å². The number of carbonyl (C=O) groups excluding carboxylic acids is 1. The van der Waals surface area contributed by atoms with Crippen molar-refractivity contribution in [3.8, 4) is 5.75 Å². The molecule has 4 nitrogen and oxygen atoms in total. The molecule has 0 saturated carbocycles. The van der Waals surface area contributed by atoms with Gasteiger partial charge in [0.05, 0.1) is 5.56 Å². The molecule has 0 aromatic heterocycles. The Morgan fingerprint density at radius 2 is 2.10 bits per heavy atom. The number of nitrogens with two attached hydrogens (primary N) is 1. The highest BCUT2D eigenvalue weighted by Gasteiger charge is 2.28. The van der Waals surface area contributed by atoms with Crippen molar-refractivity contribution in [2.75, 3.05) is 17.2 Å². The molecule has 0 radical (unpaired) electrons. The van der Waals surface area contributed by atoms with E-state index in [1.807, 2.05) is 13.0 Å². The number of phenols is 1. The lowest BCUT2D eigenvalue weighted by Crippen LogP contribution is -2.29. The van der Waals surface area contributed by atoms with Crippen LogP contribution in [0.25, 0.3) is 0 Å². The number of nitrogens with zero attached hydrogens (tertiary/aromatic N) is 1. The maximum Gasteiger partial charge on any atom is 0.262 e. The summed E-state index contributed by atoms with van der Waals surface area (Å²) in [5.41, 5.74) is 9.20. The van der Waals surface area contributed by atoms with E-state index in [0.717, 1.165) is 35.4 Å². The summed E-state index contributed by atoms with van der Waals surface area (Å²) in [6.07, 6.45) is 0.721. The van der Waals surface area contributed by atoms with Crippen LogP contribution in [0.5, 0.6) is 5.75 Å². The van der Waals surface area contributed by atoms with Gasteiger partial charge in [0.25, 0.3) is 5.91 Å². The Labute approximate surface area is 121 Å². The zero-order chi connectivity index (χ0) is 15.1. The quantitative estimate of drug-likeness (QED) is 0.792. The number of nitrogen functional groups attached to an aromatic ring is 1. The number of aryl methyl sites for hydroxylation is 1. The molecule has 0 saturated heterocycles. The Morgan fingerprint density at radius 3 is 2.86 bits per heavy atom. The molecule has 3 rings (SSSR count). The van der Waals surface area contributed by atoms with Gasteiger partial charge in [-0.25, -0.2) is 4.39 Å². The van der Waals surface area contributed by atoms with E-state index in [2.05, 4.69) is 0 Å². The molecular weight excluding hydrogens is 271 g/mol. The number of rotatable bonds is 1. The third-order valence-corrected chi connectivity index (χ3v) is 3.80. The Bertz CT molecular complexity index is 743. The molecule has 1 amide bonds. The summed E-state index contributed by atoms with van der Waals surface area (Å²) in [5, 5.41) is 9.77. The van der Waals surface area contributed by atoms with Crippen molar-refractivity contribution in [3.63, 3.8) is 0 Å². The van der Waals surface area contributed by atoms with Crippen LogP contribution in [0.2, 0.25) is 0 Å². The Morgan fingerprint density at radius 1 is 1.33 bits per heavy atom. The first-order valence-electron chi connectivity index (χ1n) is 6.67. The second kappa shape index (κ2) is 4.77. The van der Waals surface area contributed by atoms with Crippen LogP contribution in [0.4, 0.5) is 15.8 Å². The van der Waals surface area contributed by atoms with E-state index < -0.39 is 11.7 Å². The zero-order valence-corrected chi connectivity index (χ0v) is 11.6. The fourth-order valence-electron chi connectivity index (χ4n) is 2.61. The SMILES string of the molecule is Cc1cc2c(cc1N)N(C(=O)c1cc(F)ccc1O)CC2. The molecule has 5 heteroatoms. The van der Waals surface area contributed by atoms with Crippen molar-refractivity contribution in [1.29, 1.82) is 0 Å². The van der Waals surface area contributed by atoms with E-state index in [4.69, 9.17) is 5.73 Å². The number of halogens is 1. The average Bonchev–Trinajstić information content (AvgIpc) is 2.84. The van der Waals surface area contributed by atoms with Crippen LogP contribution in [-0.2, 0) is 6.42 Å². The van der Waals surface area contributed by atoms with Crippen molar-refractivity contribution < 1.29 is 14.3 Å². The number of aromatic hydroxyl groups is 1. The maximum atomic E-state index is 13.3. The molecule has 1 aliphatic heterocycles. The minimum atomic E-state index is -0.556. The summed E-state index contributed by atoms with van der Waals surface area (Å²) in [4.78, 5) is 14.1. The van der Waals surface area contributed by atoms with Crippen LogP contribution < -0.4 is 10.6 Å². The van der Waals surface area contributed by atoms with Crippen LogP contribution in [0.3, 0.4) is 0 Å². The number of hydrogen-bond donors (Lipinski definition) is 2. The third kappa shape index (κ3) is 2.20. The molecule has 0 aliphatic carbocycles. The summed E-state index contributed by atoms with van der Waals surface area (Å²) in [6, 6.07) is 7.07. The molecule has 108 valence electrons. The van der Waals surface area contributed by atoms with Crippen molar-refractivity contribution >= 4 is 17.3 Å². The van der Waals surface area contributed by atoms with Crippen LogP contribution >= 0.6 is 0 Å². The van der Waals surface area contributed by atoms with Crippen molar-refractivity contribution in [2.45, 2.75) is 13.3 Å². The van der Waals surface area contributed by atoms with Crippen LogP contribution in [0.1, 0.15) is 21.5 Å². The molecule has 0 bridgehead atoms. The first-order valence-corrected chi connectivity index (χ1v) is 6.67. The van der Waals surface area contributed by atoms with Gasteiger partial charge in [0.15, 0.2) is 0 Å². The van der Waals surface area contributed by atoms with Gasteiger partial charge < -0.3 is 15.7 Å². The van der Waals surface area contributed by atoms with Gasteiger partial charge in [-0.2, -0.15) is 0 Å². The molecule has 1 aliphatic rings. The summed E-state index contributed by atoms with van der Waals surface area (Å²) in [5.74, 6) is -1.21. The molecule has 2 aromatic carbocycles. The molecule has 0 unspecified atom stereocenters. The van der Waals surface area contributed by atoms with E-state index in [0.29, 0.717) is 12.2 Å². The molecule has 0 spiro atoms. The lowest BCUT2D eigenvalue weighted by molar-refractivity contribution is 0.0986. The number of hydrogen-bond acceptors (Lipinski definition) is 3. The van der Waals surface area contributed by atoms with E-state index >= 15 is 0 Å². The molecule has 0 fully saturated rings. The van der Waals surface area contributed by atoms with Gasteiger partial charge in [-0.15, -0.1) is 0 Å². The third-order valence-electron chi connectivity index (χ3n) is 3.80. The van der Waals surface area contributed by atoms with Gasteiger partial charge >= 0.3 is 0 Å². The topological polar surface area (TPSA) is 66.6 Å². The maximum absolute atomic E-state index is 13.3. The second-order valence-electron chi connectivity index (χ2n) is 5.21.